The summed E-state index contributed by atoms with van der Waals surface area (Å²) < 4.78 is 0. The lowest BCUT2D eigenvalue weighted by molar-refractivity contribution is -0.146. The predicted octanol–water partition coefficient (Wildman–Crippen LogP) is 3.84. The molecule has 4 nitrogen and oxygen atoms in total. The van der Waals surface area contributed by atoms with E-state index >= 15 is 0 Å². The number of nitrogens with one attached hydrogen (secondary N) is 1. The summed E-state index contributed by atoms with van der Waals surface area (Å²) in [7, 11) is 0. The van der Waals surface area contributed by atoms with Crippen molar-refractivity contribution >= 4 is 11.8 Å². The lowest BCUT2D eigenvalue weighted by atomic mass is 9.90. The second-order valence-electron chi connectivity index (χ2n) is 8.07. The largest absolute Gasteiger partial charge is 0.351 e. The number of hydrogen-bond donors (Lipinski definition) is 1. The summed E-state index contributed by atoms with van der Waals surface area (Å²) in [6.07, 6.45) is 9.71. The Morgan fingerprint density at radius 2 is 1.85 bits per heavy atom. The summed E-state index contributed by atoms with van der Waals surface area (Å²) in [4.78, 5) is 27.9. The van der Waals surface area contributed by atoms with Crippen molar-refractivity contribution in [2.45, 2.75) is 82.7 Å². The quantitative estimate of drug-likeness (QED) is 0.871. The SMILES string of the molecule is CC1(C(=O)NC2CCCCC2)CCCCC(=O)N1CCc1ccccc1. The fourth-order valence-electron chi connectivity index (χ4n) is 4.37. The highest BCUT2D eigenvalue weighted by molar-refractivity contribution is 5.91. The number of likely N-dealkylation sites (tertiary alicyclic amines) is 1. The summed E-state index contributed by atoms with van der Waals surface area (Å²) in [6.45, 7) is 2.58. The molecule has 1 saturated heterocycles. The molecular weight excluding hydrogens is 324 g/mol. The fourth-order valence-corrected chi connectivity index (χ4v) is 4.37. The van der Waals surface area contributed by atoms with Crippen LogP contribution in [0.2, 0.25) is 0 Å². The number of amides is 2. The van der Waals surface area contributed by atoms with Crippen molar-refractivity contribution in [3.63, 3.8) is 0 Å². The first-order valence-electron chi connectivity index (χ1n) is 10.2. The molecule has 1 aromatic carbocycles. The topological polar surface area (TPSA) is 49.4 Å². The van der Waals surface area contributed by atoms with Crippen LogP contribution in [0.4, 0.5) is 0 Å². The molecule has 1 heterocycles. The van der Waals surface area contributed by atoms with Crippen LogP contribution in [0.25, 0.3) is 0 Å². The van der Waals surface area contributed by atoms with Crippen molar-refractivity contribution in [1.82, 2.24) is 10.2 Å². The van der Waals surface area contributed by atoms with E-state index in [1.807, 2.05) is 30.0 Å². The van der Waals surface area contributed by atoms with E-state index in [9.17, 15) is 9.59 Å². The molecular formula is C22H32N2O2. The maximum absolute atomic E-state index is 13.2. The highest BCUT2D eigenvalue weighted by Gasteiger charge is 2.43. The van der Waals surface area contributed by atoms with Gasteiger partial charge in [0.05, 0.1) is 0 Å². The number of carbonyl (C=O) groups is 2. The average Bonchev–Trinajstić information content (AvgIpc) is 2.81. The molecule has 1 N–H and O–H groups in total. The van der Waals surface area contributed by atoms with Crippen molar-refractivity contribution in [2.24, 2.45) is 0 Å². The van der Waals surface area contributed by atoms with Crippen LogP contribution >= 0.6 is 0 Å². The second kappa shape index (κ2) is 8.70. The van der Waals surface area contributed by atoms with Gasteiger partial charge in [0, 0.05) is 19.0 Å². The van der Waals surface area contributed by atoms with Crippen molar-refractivity contribution in [3.8, 4) is 0 Å². The lowest BCUT2D eigenvalue weighted by Crippen LogP contribution is -2.60. The van der Waals surface area contributed by atoms with Crippen LogP contribution in [0.1, 0.15) is 70.3 Å². The van der Waals surface area contributed by atoms with Crippen molar-refractivity contribution in [3.05, 3.63) is 35.9 Å². The molecule has 1 atom stereocenters. The first-order chi connectivity index (χ1) is 12.6. The Hall–Kier alpha value is -1.84. The van der Waals surface area contributed by atoms with Gasteiger partial charge in [0.15, 0.2) is 0 Å². The van der Waals surface area contributed by atoms with Crippen LogP contribution in [0, 0.1) is 0 Å². The molecule has 4 heteroatoms. The normalized spacial score (nSPS) is 25.0. The lowest BCUT2D eigenvalue weighted by Gasteiger charge is -2.40. The molecule has 1 aromatic rings. The van der Waals surface area contributed by atoms with Crippen LogP contribution in [0.3, 0.4) is 0 Å². The Morgan fingerprint density at radius 1 is 1.12 bits per heavy atom. The van der Waals surface area contributed by atoms with Gasteiger partial charge in [-0.1, -0.05) is 56.0 Å². The third-order valence-electron chi connectivity index (χ3n) is 6.10. The Balaban J connectivity index is 1.72. The second-order valence-corrected chi connectivity index (χ2v) is 8.07. The minimum Gasteiger partial charge on any atom is -0.351 e. The Kier molecular flexibility index (Phi) is 6.33. The predicted molar refractivity (Wildman–Crippen MR) is 104 cm³/mol. The van der Waals surface area contributed by atoms with Gasteiger partial charge in [-0.15, -0.1) is 0 Å². The van der Waals surface area contributed by atoms with Gasteiger partial charge in [-0.25, -0.2) is 0 Å². The van der Waals surface area contributed by atoms with Gasteiger partial charge >= 0.3 is 0 Å². The monoisotopic (exact) mass is 356 g/mol. The Morgan fingerprint density at radius 3 is 2.58 bits per heavy atom. The zero-order valence-corrected chi connectivity index (χ0v) is 16.0. The first-order valence-corrected chi connectivity index (χ1v) is 10.2. The smallest absolute Gasteiger partial charge is 0.245 e. The molecule has 2 fully saturated rings. The van der Waals surface area contributed by atoms with Crippen molar-refractivity contribution < 1.29 is 9.59 Å². The number of hydrogen-bond acceptors (Lipinski definition) is 2. The minimum absolute atomic E-state index is 0.0488. The molecule has 142 valence electrons. The zero-order valence-electron chi connectivity index (χ0n) is 16.0. The van der Waals surface area contributed by atoms with Gasteiger partial charge in [0.2, 0.25) is 11.8 Å². The fraction of sp³-hybridized carbons (Fsp3) is 0.636. The van der Waals surface area contributed by atoms with Crippen LogP contribution in [-0.2, 0) is 16.0 Å². The van der Waals surface area contributed by atoms with E-state index in [1.54, 1.807) is 0 Å². The Labute approximate surface area is 157 Å². The van der Waals surface area contributed by atoms with Gasteiger partial charge in [0.1, 0.15) is 5.54 Å². The van der Waals surface area contributed by atoms with Crippen LogP contribution < -0.4 is 5.32 Å². The summed E-state index contributed by atoms with van der Waals surface area (Å²) >= 11 is 0. The number of benzene rings is 1. The summed E-state index contributed by atoms with van der Waals surface area (Å²) in [6, 6.07) is 10.5. The molecule has 0 aromatic heterocycles. The molecule has 1 saturated carbocycles. The number of rotatable bonds is 5. The van der Waals surface area contributed by atoms with E-state index < -0.39 is 5.54 Å². The summed E-state index contributed by atoms with van der Waals surface area (Å²) in [5.74, 6) is 0.174. The average molecular weight is 357 g/mol. The standard InChI is InChI=1S/C22H32N2O2/c1-22(21(26)23-19-12-6-3-7-13-19)16-9-8-14-20(25)24(22)17-15-18-10-4-2-5-11-18/h2,4-5,10-11,19H,3,6-9,12-17H2,1H3,(H,23,26). The maximum Gasteiger partial charge on any atom is 0.245 e. The minimum atomic E-state index is -0.722. The Bertz CT molecular complexity index is 610. The molecule has 1 unspecified atom stereocenters. The molecule has 2 aliphatic rings. The molecule has 1 aliphatic carbocycles. The first kappa shape index (κ1) is 18.9. The van der Waals surface area contributed by atoms with Gasteiger partial charge in [-0.3, -0.25) is 9.59 Å². The molecule has 0 spiro atoms. The maximum atomic E-state index is 13.2. The van der Waals surface area contributed by atoms with E-state index in [1.165, 1.54) is 24.8 Å². The van der Waals surface area contributed by atoms with Crippen LogP contribution in [0.15, 0.2) is 30.3 Å². The highest BCUT2D eigenvalue weighted by Crippen LogP contribution is 2.29. The number of carbonyl (C=O) groups excluding carboxylic acids is 2. The molecule has 26 heavy (non-hydrogen) atoms. The molecule has 0 bridgehead atoms. The summed E-state index contributed by atoms with van der Waals surface area (Å²) in [5, 5.41) is 3.27. The van der Waals surface area contributed by atoms with Crippen LogP contribution in [-0.4, -0.2) is 34.8 Å². The van der Waals surface area contributed by atoms with E-state index in [0.717, 1.165) is 38.5 Å². The van der Waals surface area contributed by atoms with Gasteiger partial charge < -0.3 is 10.2 Å². The van der Waals surface area contributed by atoms with Crippen molar-refractivity contribution in [2.75, 3.05) is 6.54 Å². The van der Waals surface area contributed by atoms with Gasteiger partial charge in [-0.05, 0) is 44.6 Å². The van der Waals surface area contributed by atoms with Crippen molar-refractivity contribution in [1.29, 1.82) is 0 Å². The van der Waals surface area contributed by atoms with Gasteiger partial charge in [-0.2, -0.15) is 0 Å². The zero-order chi connectivity index (χ0) is 18.4. The van der Waals surface area contributed by atoms with E-state index in [4.69, 9.17) is 0 Å². The summed E-state index contributed by atoms with van der Waals surface area (Å²) in [5.41, 5.74) is 0.486. The molecule has 0 radical (unpaired) electrons. The third kappa shape index (κ3) is 4.46. The van der Waals surface area contributed by atoms with Crippen LogP contribution in [0.5, 0.6) is 0 Å². The molecule has 2 amide bonds. The highest BCUT2D eigenvalue weighted by atomic mass is 16.2. The number of nitrogens with zero attached hydrogens (tertiary/aromatic N) is 1. The molecule has 1 aliphatic heterocycles. The van der Waals surface area contributed by atoms with Gasteiger partial charge in [0.25, 0.3) is 0 Å². The molecule has 3 rings (SSSR count). The van der Waals surface area contributed by atoms with E-state index in [-0.39, 0.29) is 17.9 Å². The van der Waals surface area contributed by atoms with E-state index in [0.29, 0.717) is 13.0 Å². The third-order valence-corrected chi connectivity index (χ3v) is 6.10. The van der Waals surface area contributed by atoms with E-state index in [2.05, 4.69) is 17.4 Å².